The molecule has 0 aliphatic carbocycles. The Bertz CT molecular complexity index is 386. The monoisotopic (exact) mass is 283 g/mol. The second-order valence-electron chi connectivity index (χ2n) is 5.15. The molecule has 20 heavy (non-hydrogen) atoms. The average Bonchev–Trinajstić information content (AvgIpc) is 2.46. The molecule has 1 aromatic heterocycles. The lowest BCUT2D eigenvalue weighted by Gasteiger charge is -2.18. The third-order valence-electron chi connectivity index (χ3n) is 3.37. The molecule has 0 bridgehead atoms. The fourth-order valence-corrected chi connectivity index (χ4v) is 1.80. The zero-order valence-corrected chi connectivity index (χ0v) is 12.3. The fraction of sp³-hybridized carbons (Fsp3) is 0.714. The molecule has 1 heterocycles. The SMILES string of the molecule is CC[C@@H](C)NC(C)c1cnc(C[C@H](O)[C@H](O)CO)cn1. The third-order valence-corrected chi connectivity index (χ3v) is 3.37. The molecule has 0 aromatic carbocycles. The minimum absolute atomic E-state index is 0.111. The van der Waals surface area contributed by atoms with E-state index in [0.29, 0.717) is 11.7 Å². The highest BCUT2D eigenvalue weighted by atomic mass is 16.4. The molecular formula is C14H25N3O3. The van der Waals surface area contributed by atoms with Crippen LogP contribution in [0.15, 0.2) is 12.4 Å². The maximum atomic E-state index is 9.61. The summed E-state index contributed by atoms with van der Waals surface area (Å²) in [5.74, 6) is 0. The predicted octanol–water partition coefficient (Wildman–Crippen LogP) is 0.182. The number of aromatic nitrogens is 2. The van der Waals surface area contributed by atoms with Gasteiger partial charge in [0.1, 0.15) is 6.10 Å². The second kappa shape index (κ2) is 8.26. The Morgan fingerprint density at radius 2 is 1.85 bits per heavy atom. The van der Waals surface area contributed by atoms with Gasteiger partial charge in [0.25, 0.3) is 0 Å². The first-order chi connectivity index (χ1) is 9.47. The van der Waals surface area contributed by atoms with E-state index < -0.39 is 18.8 Å². The van der Waals surface area contributed by atoms with E-state index in [2.05, 4.69) is 29.1 Å². The molecule has 6 heteroatoms. The summed E-state index contributed by atoms with van der Waals surface area (Å²) >= 11 is 0. The molecular weight excluding hydrogens is 258 g/mol. The van der Waals surface area contributed by atoms with Gasteiger partial charge in [0.15, 0.2) is 0 Å². The van der Waals surface area contributed by atoms with Gasteiger partial charge in [-0.25, -0.2) is 0 Å². The molecule has 0 aliphatic heterocycles. The summed E-state index contributed by atoms with van der Waals surface area (Å²) in [6.07, 6.45) is 2.30. The van der Waals surface area contributed by atoms with Gasteiger partial charge in [0, 0.05) is 24.7 Å². The second-order valence-corrected chi connectivity index (χ2v) is 5.15. The predicted molar refractivity (Wildman–Crippen MR) is 76.1 cm³/mol. The summed E-state index contributed by atoms with van der Waals surface area (Å²) in [5.41, 5.74) is 1.43. The van der Waals surface area contributed by atoms with Crippen LogP contribution in [0.4, 0.5) is 0 Å². The van der Waals surface area contributed by atoms with E-state index in [1.54, 1.807) is 12.4 Å². The van der Waals surface area contributed by atoms with E-state index in [1.807, 2.05) is 6.92 Å². The van der Waals surface area contributed by atoms with Crippen molar-refractivity contribution in [3.8, 4) is 0 Å². The van der Waals surface area contributed by atoms with E-state index in [9.17, 15) is 10.2 Å². The van der Waals surface area contributed by atoms with Crippen molar-refractivity contribution in [2.45, 2.75) is 57.9 Å². The number of hydrogen-bond donors (Lipinski definition) is 4. The Morgan fingerprint density at radius 1 is 1.15 bits per heavy atom. The van der Waals surface area contributed by atoms with Crippen molar-refractivity contribution in [3.63, 3.8) is 0 Å². The Morgan fingerprint density at radius 3 is 2.35 bits per heavy atom. The molecule has 0 saturated heterocycles. The van der Waals surface area contributed by atoms with Gasteiger partial charge in [0.05, 0.1) is 30.3 Å². The molecule has 0 fully saturated rings. The van der Waals surface area contributed by atoms with Crippen LogP contribution in [0.25, 0.3) is 0 Å². The van der Waals surface area contributed by atoms with Crippen LogP contribution in [0.1, 0.15) is 44.6 Å². The number of rotatable bonds is 8. The van der Waals surface area contributed by atoms with Crippen LogP contribution in [0.2, 0.25) is 0 Å². The van der Waals surface area contributed by atoms with E-state index >= 15 is 0 Å². The van der Waals surface area contributed by atoms with Crippen molar-refractivity contribution < 1.29 is 15.3 Å². The molecule has 0 radical (unpaired) electrons. The zero-order chi connectivity index (χ0) is 15.1. The highest BCUT2D eigenvalue weighted by Crippen LogP contribution is 2.11. The number of nitrogens with zero attached hydrogens (tertiary/aromatic N) is 2. The first-order valence-electron chi connectivity index (χ1n) is 7.01. The van der Waals surface area contributed by atoms with Crippen LogP contribution < -0.4 is 5.32 Å². The van der Waals surface area contributed by atoms with Gasteiger partial charge in [0.2, 0.25) is 0 Å². The summed E-state index contributed by atoms with van der Waals surface area (Å²) in [6.45, 7) is 5.79. The number of aliphatic hydroxyl groups is 3. The van der Waals surface area contributed by atoms with Gasteiger partial charge in [-0.15, -0.1) is 0 Å². The molecule has 1 aromatic rings. The van der Waals surface area contributed by atoms with Crippen LogP contribution in [0, 0.1) is 0 Å². The van der Waals surface area contributed by atoms with Crippen LogP contribution in [-0.4, -0.2) is 50.1 Å². The van der Waals surface area contributed by atoms with Crippen LogP contribution in [-0.2, 0) is 6.42 Å². The lowest BCUT2D eigenvalue weighted by atomic mass is 10.1. The van der Waals surface area contributed by atoms with Gasteiger partial charge in [-0.2, -0.15) is 0 Å². The molecule has 114 valence electrons. The number of nitrogens with one attached hydrogen (secondary N) is 1. The minimum atomic E-state index is -1.15. The largest absolute Gasteiger partial charge is 0.394 e. The Hall–Kier alpha value is -1.08. The summed E-state index contributed by atoms with van der Waals surface area (Å²) in [5, 5.41) is 31.1. The quantitative estimate of drug-likeness (QED) is 0.543. The van der Waals surface area contributed by atoms with Crippen molar-refractivity contribution >= 4 is 0 Å². The van der Waals surface area contributed by atoms with Crippen molar-refractivity contribution in [2.24, 2.45) is 0 Å². The lowest BCUT2D eigenvalue weighted by molar-refractivity contribution is -0.0137. The highest BCUT2D eigenvalue weighted by molar-refractivity contribution is 5.07. The summed E-state index contributed by atoms with van der Waals surface area (Å²) in [4.78, 5) is 8.56. The van der Waals surface area contributed by atoms with Crippen molar-refractivity contribution in [2.75, 3.05) is 6.61 Å². The Kier molecular flexibility index (Phi) is 7.01. The van der Waals surface area contributed by atoms with Crippen LogP contribution in [0.5, 0.6) is 0 Å². The maximum absolute atomic E-state index is 9.61. The van der Waals surface area contributed by atoms with Gasteiger partial charge in [-0.1, -0.05) is 6.92 Å². The van der Waals surface area contributed by atoms with Crippen LogP contribution >= 0.6 is 0 Å². The van der Waals surface area contributed by atoms with Gasteiger partial charge < -0.3 is 20.6 Å². The standard InChI is InChI=1S/C14H25N3O3/c1-4-9(2)17-10(3)12-7-15-11(6-16-12)5-13(19)14(20)8-18/h6-7,9-10,13-14,17-20H,4-5,8H2,1-3H3/t9-,10?,13+,14-/m1/s1. The molecule has 0 aliphatic rings. The fourth-order valence-electron chi connectivity index (χ4n) is 1.80. The van der Waals surface area contributed by atoms with E-state index in [4.69, 9.17) is 5.11 Å². The topological polar surface area (TPSA) is 98.5 Å². The molecule has 4 atom stereocenters. The Balaban J connectivity index is 2.60. The number of aliphatic hydroxyl groups excluding tert-OH is 3. The van der Waals surface area contributed by atoms with Crippen molar-refractivity contribution in [3.05, 3.63) is 23.8 Å². The summed E-state index contributed by atoms with van der Waals surface area (Å²) < 4.78 is 0. The Labute approximate surface area is 119 Å². The lowest BCUT2D eigenvalue weighted by Crippen LogP contribution is -2.31. The van der Waals surface area contributed by atoms with Gasteiger partial charge in [-0.05, 0) is 20.3 Å². The van der Waals surface area contributed by atoms with Crippen molar-refractivity contribution in [1.82, 2.24) is 15.3 Å². The van der Waals surface area contributed by atoms with Crippen LogP contribution in [0.3, 0.4) is 0 Å². The molecule has 4 N–H and O–H groups in total. The van der Waals surface area contributed by atoms with Gasteiger partial charge in [-0.3, -0.25) is 9.97 Å². The molecule has 1 unspecified atom stereocenters. The van der Waals surface area contributed by atoms with E-state index in [-0.39, 0.29) is 12.5 Å². The smallest absolute Gasteiger partial charge is 0.103 e. The minimum Gasteiger partial charge on any atom is -0.394 e. The first-order valence-corrected chi connectivity index (χ1v) is 7.01. The van der Waals surface area contributed by atoms with E-state index in [1.165, 1.54) is 0 Å². The van der Waals surface area contributed by atoms with Crippen molar-refractivity contribution in [1.29, 1.82) is 0 Å². The highest BCUT2D eigenvalue weighted by Gasteiger charge is 2.17. The number of hydrogen-bond acceptors (Lipinski definition) is 6. The summed E-state index contributed by atoms with van der Waals surface area (Å²) in [6, 6.07) is 0.521. The van der Waals surface area contributed by atoms with E-state index in [0.717, 1.165) is 12.1 Å². The van der Waals surface area contributed by atoms with Gasteiger partial charge >= 0.3 is 0 Å². The first kappa shape index (κ1) is 17.0. The summed E-state index contributed by atoms with van der Waals surface area (Å²) in [7, 11) is 0. The molecule has 0 amide bonds. The normalized spacial score (nSPS) is 17.5. The average molecular weight is 283 g/mol. The zero-order valence-electron chi connectivity index (χ0n) is 12.3. The molecule has 0 spiro atoms. The molecule has 6 nitrogen and oxygen atoms in total. The maximum Gasteiger partial charge on any atom is 0.103 e. The molecule has 1 rings (SSSR count). The molecule has 0 saturated carbocycles. The third kappa shape index (κ3) is 5.13.